The lowest BCUT2D eigenvalue weighted by Crippen LogP contribution is -2.45. The molecule has 0 aromatic heterocycles. The number of ether oxygens (including phenoxy) is 1. The molecular weight excluding hydrogens is 174 g/mol. The first-order valence-corrected chi connectivity index (χ1v) is 5.92. The van der Waals surface area contributed by atoms with Gasteiger partial charge in [-0.15, -0.1) is 0 Å². The van der Waals surface area contributed by atoms with Gasteiger partial charge in [-0.3, -0.25) is 0 Å². The molecule has 0 heterocycles. The summed E-state index contributed by atoms with van der Waals surface area (Å²) in [5, 5.41) is 0. The fourth-order valence-corrected chi connectivity index (χ4v) is 2.33. The molecule has 1 saturated carbocycles. The lowest BCUT2D eigenvalue weighted by atomic mass is 9.78. The molecule has 14 heavy (non-hydrogen) atoms. The van der Waals surface area contributed by atoms with E-state index in [1.807, 2.05) is 0 Å². The zero-order valence-electron chi connectivity index (χ0n) is 9.88. The van der Waals surface area contributed by atoms with E-state index in [2.05, 4.69) is 20.8 Å². The maximum absolute atomic E-state index is 6.03. The van der Waals surface area contributed by atoms with Crippen LogP contribution in [0.15, 0.2) is 0 Å². The molecule has 2 nitrogen and oxygen atoms in total. The van der Waals surface area contributed by atoms with Crippen molar-refractivity contribution in [3.8, 4) is 0 Å². The van der Waals surface area contributed by atoms with Crippen LogP contribution >= 0.6 is 0 Å². The molecule has 84 valence electrons. The summed E-state index contributed by atoms with van der Waals surface area (Å²) in [6.45, 7) is 8.23. The summed E-state index contributed by atoms with van der Waals surface area (Å²) in [4.78, 5) is 0. The number of rotatable bonds is 4. The lowest BCUT2D eigenvalue weighted by Gasteiger charge is -2.39. The minimum atomic E-state index is 0.00192. The fraction of sp³-hybridized carbons (Fsp3) is 1.00. The Balaban J connectivity index is 2.47. The van der Waals surface area contributed by atoms with Gasteiger partial charge in [-0.25, -0.2) is 0 Å². The Morgan fingerprint density at radius 3 is 2.71 bits per heavy atom. The van der Waals surface area contributed by atoms with E-state index in [1.165, 1.54) is 12.8 Å². The Kier molecular flexibility index (Phi) is 4.39. The third-order valence-electron chi connectivity index (χ3n) is 3.14. The Labute approximate surface area is 88.2 Å². The van der Waals surface area contributed by atoms with E-state index in [0.717, 1.165) is 25.4 Å². The van der Waals surface area contributed by atoms with E-state index in [9.17, 15) is 0 Å². The van der Waals surface area contributed by atoms with E-state index < -0.39 is 0 Å². The van der Waals surface area contributed by atoms with Crippen molar-refractivity contribution in [2.45, 2.75) is 52.1 Å². The molecule has 1 aliphatic rings. The molecule has 2 unspecified atom stereocenters. The Hall–Kier alpha value is -0.0800. The molecule has 1 fully saturated rings. The van der Waals surface area contributed by atoms with Crippen LogP contribution in [0.5, 0.6) is 0 Å². The molecule has 0 saturated heterocycles. The summed E-state index contributed by atoms with van der Waals surface area (Å²) in [6, 6.07) is 0. The minimum absolute atomic E-state index is 0.00192. The van der Waals surface area contributed by atoms with Crippen molar-refractivity contribution in [1.82, 2.24) is 0 Å². The average Bonchev–Trinajstić information content (AvgIpc) is 2.15. The van der Waals surface area contributed by atoms with E-state index >= 15 is 0 Å². The lowest BCUT2D eigenvalue weighted by molar-refractivity contribution is -0.0834. The van der Waals surface area contributed by atoms with E-state index in [1.54, 1.807) is 0 Å². The number of hydrogen-bond donors (Lipinski definition) is 1. The van der Waals surface area contributed by atoms with Crippen molar-refractivity contribution >= 4 is 0 Å². The van der Waals surface area contributed by atoms with Gasteiger partial charge >= 0.3 is 0 Å². The van der Waals surface area contributed by atoms with Gasteiger partial charge in [0.1, 0.15) is 0 Å². The van der Waals surface area contributed by atoms with Crippen LogP contribution in [0.3, 0.4) is 0 Å². The van der Waals surface area contributed by atoms with Gasteiger partial charge in [-0.2, -0.15) is 0 Å². The second kappa shape index (κ2) is 5.13. The van der Waals surface area contributed by atoms with Gasteiger partial charge in [0.05, 0.1) is 5.60 Å². The highest BCUT2D eigenvalue weighted by Crippen LogP contribution is 2.34. The number of nitrogens with two attached hydrogens (primary N) is 1. The van der Waals surface area contributed by atoms with Gasteiger partial charge in [-0.05, 0) is 24.7 Å². The molecule has 2 N–H and O–H groups in total. The summed E-state index contributed by atoms with van der Waals surface area (Å²) in [6.07, 6.45) is 4.92. The maximum Gasteiger partial charge on any atom is 0.0806 e. The zero-order valence-corrected chi connectivity index (χ0v) is 9.88. The quantitative estimate of drug-likeness (QED) is 0.755. The summed E-state index contributed by atoms with van der Waals surface area (Å²) < 4.78 is 6.03. The van der Waals surface area contributed by atoms with E-state index in [0.29, 0.717) is 12.5 Å². The van der Waals surface area contributed by atoms with Crippen LogP contribution in [0.4, 0.5) is 0 Å². The van der Waals surface area contributed by atoms with Crippen LogP contribution < -0.4 is 5.73 Å². The van der Waals surface area contributed by atoms with Crippen LogP contribution in [-0.4, -0.2) is 18.8 Å². The smallest absolute Gasteiger partial charge is 0.0806 e. The van der Waals surface area contributed by atoms with Crippen molar-refractivity contribution in [1.29, 1.82) is 0 Å². The van der Waals surface area contributed by atoms with Crippen molar-refractivity contribution in [2.75, 3.05) is 13.2 Å². The van der Waals surface area contributed by atoms with Crippen molar-refractivity contribution < 1.29 is 4.74 Å². The molecule has 0 aliphatic heterocycles. The summed E-state index contributed by atoms with van der Waals surface area (Å²) in [7, 11) is 0. The molecule has 0 amide bonds. The van der Waals surface area contributed by atoms with Gasteiger partial charge in [0.15, 0.2) is 0 Å². The van der Waals surface area contributed by atoms with Gasteiger partial charge in [0.25, 0.3) is 0 Å². The fourth-order valence-electron chi connectivity index (χ4n) is 2.33. The highest BCUT2D eigenvalue weighted by molar-refractivity contribution is 4.88. The largest absolute Gasteiger partial charge is 0.373 e. The second-order valence-electron chi connectivity index (χ2n) is 5.29. The highest BCUT2D eigenvalue weighted by Gasteiger charge is 2.34. The standard InChI is InChI=1S/C12H25NO/c1-10(2)8-14-12(9-13)6-4-5-11(3)7-12/h10-11H,4-9,13H2,1-3H3. The van der Waals surface area contributed by atoms with Gasteiger partial charge < -0.3 is 10.5 Å². The monoisotopic (exact) mass is 199 g/mol. The molecule has 2 heteroatoms. The molecule has 0 aromatic rings. The summed E-state index contributed by atoms with van der Waals surface area (Å²) in [5.41, 5.74) is 5.86. The van der Waals surface area contributed by atoms with Crippen molar-refractivity contribution in [3.63, 3.8) is 0 Å². The SMILES string of the molecule is CC(C)COC1(CN)CCCC(C)C1. The molecule has 1 rings (SSSR count). The number of hydrogen-bond acceptors (Lipinski definition) is 2. The van der Waals surface area contributed by atoms with Crippen LogP contribution in [0.25, 0.3) is 0 Å². The second-order valence-corrected chi connectivity index (χ2v) is 5.29. The molecule has 0 radical (unpaired) electrons. The predicted molar refractivity (Wildman–Crippen MR) is 60.2 cm³/mol. The first kappa shape index (κ1) is 12.0. The normalized spacial score (nSPS) is 33.6. The molecule has 1 aliphatic carbocycles. The molecule has 0 aromatic carbocycles. The Morgan fingerprint density at radius 2 is 2.21 bits per heavy atom. The molecule has 2 atom stereocenters. The van der Waals surface area contributed by atoms with E-state index in [-0.39, 0.29) is 5.60 Å². The topological polar surface area (TPSA) is 35.2 Å². The predicted octanol–water partition coefficient (Wildman–Crippen LogP) is 2.57. The van der Waals surface area contributed by atoms with Gasteiger partial charge in [0.2, 0.25) is 0 Å². The summed E-state index contributed by atoms with van der Waals surface area (Å²) in [5.74, 6) is 1.38. The minimum Gasteiger partial charge on any atom is -0.373 e. The maximum atomic E-state index is 6.03. The van der Waals surface area contributed by atoms with Crippen LogP contribution in [0.2, 0.25) is 0 Å². The van der Waals surface area contributed by atoms with Gasteiger partial charge in [0, 0.05) is 13.2 Å². The molecule has 0 bridgehead atoms. The highest BCUT2D eigenvalue weighted by atomic mass is 16.5. The van der Waals surface area contributed by atoms with Crippen molar-refractivity contribution in [3.05, 3.63) is 0 Å². The zero-order chi connectivity index (χ0) is 10.6. The first-order chi connectivity index (χ1) is 6.58. The summed E-state index contributed by atoms with van der Waals surface area (Å²) >= 11 is 0. The van der Waals surface area contributed by atoms with Crippen LogP contribution in [0, 0.1) is 11.8 Å². The third-order valence-corrected chi connectivity index (χ3v) is 3.14. The Bertz CT molecular complexity index is 170. The first-order valence-electron chi connectivity index (χ1n) is 5.92. The Morgan fingerprint density at radius 1 is 1.50 bits per heavy atom. The van der Waals surface area contributed by atoms with Crippen molar-refractivity contribution in [2.24, 2.45) is 17.6 Å². The third kappa shape index (κ3) is 3.25. The van der Waals surface area contributed by atoms with Crippen LogP contribution in [0.1, 0.15) is 46.5 Å². The van der Waals surface area contributed by atoms with Crippen LogP contribution in [-0.2, 0) is 4.74 Å². The van der Waals surface area contributed by atoms with E-state index in [4.69, 9.17) is 10.5 Å². The van der Waals surface area contributed by atoms with Gasteiger partial charge in [-0.1, -0.05) is 33.6 Å². The molecule has 0 spiro atoms. The molecular formula is C12H25NO. The average molecular weight is 199 g/mol.